The first-order valence-electron chi connectivity index (χ1n) is 2.26. The van der Waals surface area contributed by atoms with E-state index >= 15 is 0 Å². The van der Waals surface area contributed by atoms with Crippen LogP contribution in [0.2, 0.25) is 0 Å². The van der Waals surface area contributed by atoms with Crippen molar-refractivity contribution in [2.24, 2.45) is 10.7 Å². The predicted octanol–water partition coefficient (Wildman–Crippen LogP) is -1.50. The predicted molar refractivity (Wildman–Crippen MR) is 30.7 cm³/mol. The fourth-order valence-corrected chi connectivity index (χ4v) is 0.254. The molecule has 10 heavy (non-hydrogen) atoms. The van der Waals surface area contributed by atoms with Crippen LogP contribution in [-0.2, 0) is 0 Å². The standard InChI is InChI=1S/C3H6N5O2/c4-1-2-6-3(5)7-8(9)10/h2H2,(H,9,10)(H3,5,6,7)/q+1. The van der Waals surface area contributed by atoms with E-state index in [4.69, 9.17) is 16.2 Å². The van der Waals surface area contributed by atoms with Crippen molar-refractivity contribution in [2.75, 3.05) is 6.54 Å². The maximum absolute atomic E-state index is 9.73. The highest BCUT2D eigenvalue weighted by Crippen LogP contribution is 1.64. The summed E-state index contributed by atoms with van der Waals surface area (Å²) in [4.78, 5) is 13.0. The number of nitriles is 1. The Morgan fingerprint density at radius 2 is 2.60 bits per heavy atom. The van der Waals surface area contributed by atoms with E-state index in [9.17, 15) is 4.91 Å². The van der Waals surface area contributed by atoms with Crippen molar-refractivity contribution >= 4 is 5.96 Å². The molecule has 0 atom stereocenters. The van der Waals surface area contributed by atoms with E-state index in [2.05, 4.69) is 4.99 Å². The van der Waals surface area contributed by atoms with Crippen LogP contribution in [0.25, 0.3) is 0 Å². The van der Waals surface area contributed by atoms with Crippen molar-refractivity contribution < 1.29 is 10.2 Å². The first-order chi connectivity index (χ1) is 4.66. The molecule has 0 aliphatic rings. The lowest BCUT2D eigenvalue weighted by molar-refractivity contribution is -0.822. The zero-order valence-corrected chi connectivity index (χ0v) is 4.98. The summed E-state index contributed by atoms with van der Waals surface area (Å²) in [6, 6.07) is 1.66. The summed E-state index contributed by atoms with van der Waals surface area (Å²) in [5, 5.41) is 15.3. The van der Waals surface area contributed by atoms with Crippen LogP contribution >= 0.6 is 0 Å². The van der Waals surface area contributed by atoms with E-state index in [0.29, 0.717) is 0 Å². The lowest BCUT2D eigenvalue weighted by atomic mass is 10.7. The first kappa shape index (κ1) is 8.16. The average molecular weight is 144 g/mol. The Kier molecular flexibility index (Phi) is 3.33. The van der Waals surface area contributed by atoms with Crippen LogP contribution in [0.4, 0.5) is 0 Å². The van der Waals surface area contributed by atoms with E-state index in [0.717, 1.165) is 0 Å². The molecule has 0 fully saturated rings. The van der Waals surface area contributed by atoms with Gasteiger partial charge in [0.1, 0.15) is 11.5 Å². The van der Waals surface area contributed by atoms with Gasteiger partial charge in [-0.25, -0.2) is 10.2 Å². The molecule has 0 aliphatic carbocycles. The Morgan fingerprint density at radius 1 is 2.00 bits per heavy atom. The Balaban J connectivity index is 3.73. The number of nitrogens with two attached hydrogens (primary N) is 1. The van der Waals surface area contributed by atoms with Crippen molar-refractivity contribution in [2.45, 2.75) is 0 Å². The maximum atomic E-state index is 9.73. The first-order valence-corrected chi connectivity index (χ1v) is 2.26. The number of guanidine groups is 1. The van der Waals surface area contributed by atoms with E-state index in [1.165, 1.54) is 0 Å². The van der Waals surface area contributed by atoms with Gasteiger partial charge in [0.15, 0.2) is 0 Å². The number of hydrogen-bond donors (Lipinski definition) is 3. The Labute approximate surface area is 56.3 Å². The topological polar surface area (TPSA) is 115 Å². The van der Waals surface area contributed by atoms with Gasteiger partial charge in [0, 0.05) is 0 Å². The molecule has 0 unspecified atom stereocenters. The molecule has 0 spiro atoms. The molecule has 0 rings (SSSR count). The van der Waals surface area contributed by atoms with E-state index < -0.39 is 5.03 Å². The van der Waals surface area contributed by atoms with E-state index in [-0.39, 0.29) is 12.5 Å². The zero-order chi connectivity index (χ0) is 7.98. The summed E-state index contributed by atoms with van der Waals surface area (Å²) < 4.78 is 0. The summed E-state index contributed by atoms with van der Waals surface area (Å²) in [5.74, 6) is -0.306. The van der Waals surface area contributed by atoms with Gasteiger partial charge in [-0.3, -0.25) is 0 Å². The van der Waals surface area contributed by atoms with Crippen LogP contribution in [0, 0.1) is 16.2 Å². The summed E-state index contributed by atoms with van der Waals surface area (Å²) in [7, 11) is 0. The molecule has 4 N–H and O–H groups in total. The highest BCUT2D eigenvalue weighted by molar-refractivity contribution is 5.76. The van der Waals surface area contributed by atoms with Gasteiger partial charge >= 0.3 is 5.03 Å². The molecule has 0 aromatic rings. The minimum absolute atomic E-state index is 0.160. The van der Waals surface area contributed by atoms with E-state index in [1.54, 1.807) is 11.5 Å². The molecule has 0 amide bonds. The van der Waals surface area contributed by atoms with Crippen molar-refractivity contribution in [3.63, 3.8) is 0 Å². The monoisotopic (exact) mass is 144 g/mol. The van der Waals surface area contributed by atoms with Crippen LogP contribution in [-0.4, -0.2) is 22.7 Å². The van der Waals surface area contributed by atoms with Gasteiger partial charge in [0.25, 0.3) is 5.96 Å². The van der Waals surface area contributed by atoms with Gasteiger partial charge in [-0.05, 0) is 5.43 Å². The summed E-state index contributed by atoms with van der Waals surface area (Å²) >= 11 is 0. The third-order valence-electron chi connectivity index (χ3n) is 0.530. The summed E-state index contributed by atoms with van der Waals surface area (Å²) in [5.41, 5.74) is 6.63. The van der Waals surface area contributed by atoms with Crippen molar-refractivity contribution in [3.05, 3.63) is 4.91 Å². The Bertz CT molecular complexity index is 192. The van der Waals surface area contributed by atoms with Crippen LogP contribution in [0.3, 0.4) is 0 Å². The lowest BCUT2D eigenvalue weighted by Gasteiger charge is -1.86. The fourth-order valence-electron chi connectivity index (χ4n) is 0.254. The highest BCUT2D eigenvalue weighted by Gasteiger charge is 2.02. The molecule has 0 aromatic carbocycles. The maximum Gasteiger partial charge on any atom is 0.362 e. The van der Waals surface area contributed by atoms with Crippen LogP contribution < -0.4 is 11.2 Å². The zero-order valence-electron chi connectivity index (χ0n) is 4.98. The van der Waals surface area contributed by atoms with Crippen LogP contribution in [0.15, 0.2) is 4.99 Å². The number of hydrazine groups is 1. The van der Waals surface area contributed by atoms with Crippen molar-refractivity contribution in [3.8, 4) is 6.07 Å². The van der Waals surface area contributed by atoms with E-state index in [1.807, 2.05) is 0 Å². The highest BCUT2D eigenvalue weighted by atomic mass is 16.7. The molecule has 0 saturated heterocycles. The molecule has 0 bridgehead atoms. The third-order valence-corrected chi connectivity index (χ3v) is 0.530. The number of nitrogens with one attached hydrogen (secondary N) is 1. The lowest BCUT2D eigenvalue weighted by Crippen LogP contribution is -2.37. The molecule has 7 nitrogen and oxygen atoms in total. The van der Waals surface area contributed by atoms with Crippen molar-refractivity contribution in [1.82, 2.24) is 5.43 Å². The molecular formula is C3H6N5O2+. The molecule has 0 aliphatic heterocycles. The normalized spacial score (nSPS) is 10.1. The van der Waals surface area contributed by atoms with Crippen molar-refractivity contribution in [1.29, 1.82) is 5.26 Å². The van der Waals surface area contributed by atoms with Gasteiger partial charge in [-0.15, -0.1) is 0 Å². The molecule has 54 valence electrons. The SMILES string of the molecule is N#CCN=C(N)N[N+](=O)O. The number of nitrogens with zero attached hydrogens (tertiary/aromatic N) is 3. The second-order valence-corrected chi connectivity index (χ2v) is 1.24. The van der Waals surface area contributed by atoms with Crippen LogP contribution in [0.5, 0.6) is 0 Å². The second kappa shape index (κ2) is 4.08. The fraction of sp³-hybridized carbons (Fsp3) is 0.333. The van der Waals surface area contributed by atoms with Gasteiger partial charge < -0.3 is 5.73 Å². The smallest absolute Gasteiger partial charge is 0.362 e. The van der Waals surface area contributed by atoms with Gasteiger partial charge in [0.2, 0.25) is 0 Å². The third kappa shape index (κ3) is 4.32. The number of hydrogen-bond acceptors (Lipinski definition) is 3. The number of rotatable bonds is 2. The molecule has 0 saturated carbocycles. The quantitative estimate of drug-likeness (QED) is 0.189. The van der Waals surface area contributed by atoms with Crippen LogP contribution in [0.1, 0.15) is 0 Å². The largest absolute Gasteiger partial charge is 0.365 e. The molecule has 0 heterocycles. The minimum Gasteiger partial charge on any atom is -0.365 e. The Morgan fingerprint density at radius 3 is 3.00 bits per heavy atom. The van der Waals surface area contributed by atoms with Gasteiger partial charge in [-0.1, -0.05) is 0 Å². The summed E-state index contributed by atoms with van der Waals surface area (Å²) in [6.45, 7) is -0.160. The molecule has 7 heteroatoms. The summed E-state index contributed by atoms with van der Waals surface area (Å²) in [6.07, 6.45) is 0. The Hall–Kier alpha value is -1.84. The number of aliphatic imine (C=N–C) groups is 1. The molecule has 0 radical (unpaired) electrons. The average Bonchev–Trinajstić information content (AvgIpc) is 1.82. The minimum atomic E-state index is -0.601. The second-order valence-electron chi connectivity index (χ2n) is 1.24. The molecular weight excluding hydrogens is 138 g/mol. The molecule has 0 aromatic heterocycles. The van der Waals surface area contributed by atoms with Gasteiger partial charge in [-0.2, -0.15) is 5.26 Å². The van der Waals surface area contributed by atoms with Gasteiger partial charge in [0.05, 0.1) is 6.07 Å².